The van der Waals surface area contributed by atoms with Crippen molar-refractivity contribution in [2.45, 2.75) is 25.0 Å². The lowest BCUT2D eigenvalue weighted by atomic mass is 9.89. The molecule has 1 aromatic rings. The molecule has 0 spiro atoms. The van der Waals surface area contributed by atoms with Gasteiger partial charge >= 0.3 is 5.69 Å². The smallest absolute Gasteiger partial charge is 0.311 e. The van der Waals surface area contributed by atoms with Gasteiger partial charge in [-0.2, -0.15) is 0 Å². The van der Waals surface area contributed by atoms with Crippen LogP contribution in [0.25, 0.3) is 0 Å². The summed E-state index contributed by atoms with van der Waals surface area (Å²) in [6, 6.07) is 4.79. The summed E-state index contributed by atoms with van der Waals surface area (Å²) in [5.41, 5.74) is -0.0395. The monoisotopic (exact) mass is 256 g/mol. The molecule has 0 atom stereocenters. The topological polar surface area (TPSA) is 64.4 Å². The van der Waals surface area contributed by atoms with Crippen molar-refractivity contribution in [1.82, 2.24) is 5.32 Å². The van der Waals surface area contributed by atoms with Gasteiger partial charge in [0.25, 0.3) is 0 Å². The van der Waals surface area contributed by atoms with Crippen molar-refractivity contribution in [2.24, 2.45) is 0 Å². The number of halogens is 1. The Labute approximate surface area is 104 Å². The molecule has 17 heavy (non-hydrogen) atoms. The molecule has 0 amide bonds. The molecule has 0 aliphatic heterocycles. The van der Waals surface area contributed by atoms with Gasteiger partial charge in [-0.15, -0.1) is 0 Å². The van der Waals surface area contributed by atoms with Gasteiger partial charge in [-0.3, -0.25) is 10.1 Å². The third-order valence-corrected chi connectivity index (χ3v) is 3.15. The van der Waals surface area contributed by atoms with Crippen molar-refractivity contribution in [3.63, 3.8) is 0 Å². The summed E-state index contributed by atoms with van der Waals surface area (Å²) in [7, 11) is 1.89. The van der Waals surface area contributed by atoms with E-state index < -0.39 is 4.92 Å². The van der Waals surface area contributed by atoms with Crippen molar-refractivity contribution >= 4 is 17.3 Å². The fourth-order valence-corrected chi connectivity index (χ4v) is 1.97. The molecule has 0 unspecified atom stereocenters. The van der Waals surface area contributed by atoms with Crippen molar-refractivity contribution in [3.8, 4) is 5.75 Å². The lowest BCUT2D eigenvalue weighted by molar-refractivity contribution is -0.386. The summed E-state index contributed by atoms with van der Waals surface area (Å²) in [6.45, 7) is 0. The normalized spacial score (nSPS) is 22.9. The van der Waals surface area contributed by atoms with Crippen LogP contribution in [-0.2, 0) is 0 Å². The van der Waals surface area contributed by atoms with E-state index in [-0.39, 0.29) is 17.5 Å². The van der Waals surface area contributed by atoms with Crippen LogP contribution in [0.5, 0.6) is 5.75 Å². The summed E-state index contributed by atoms with van der Waals surface area (Å²) in [5, 5.41) is 14.4. The largest absolute Gasteiger partial charge is 0.483 e. The number of ether oxygens (including phenoxy) is 1. The molecule has 6 heteroatoms. The second-order valence-corrected chi connectivity index (χ2v) is 4.50. The predicted octanol–water partition coefficient (Wildman–Crippen LogP) is 2.38. The molecule has 2 rings (SSSR count). The molecule has 0 aromatic heterocycles. The molecular weight excluding hydrogens is 244 g/mol. The summed E-state index contributed by atoms with van der Waals surface area (Å²) in [6.07, 6.45) is 1.75. The maximum atomic E-state index is 10.8. The van der Waals surface area contributed by atoms with Crippen LogP contribution in [0.15, 0.2) is 18.2 Å². The average molecular weight is 257 g/mol. The Hall–Kier alpha value is -1.33. The average Bonchev–Trinajstić information content (AvgIpc) is 2.22. The molecule has 1 aliphatic carbocycles. The summed E-state index contributed by atoms with van der Waals surface area (Å²) >= 11 is 5.81. The minimum absolute atomic E-state index is 0.0321. The van der Waals surface area contributed by atoms with Crippen LogP contribution in [0.4, 0.5) is 5.69 Å². The zero-order valence-corrected chi connectivity index (χ0v) is 10.1. The van der Waals surface area contributed by atoms with E-state index in [2.05, 4.69) is 5.32 Å². The molecule has 1 N–H and O–H groups in total. The number of hydrogen-bond acceptors (Lipinski definition) is 4. The molecule has 5 nitrogen and oxygen atoms in total. The van der Waals surface area contributed by atoms with Gasteiger partial charge in [0.05, 0.1) is 4.92 Å². The number of nitro benzene ring substituents is 1. The maximum absolute atomic E-state index is 10.8. The Bertz CT molecular complexity index is 433. The Morgan fingerprint density at radius 2 is 2.24 bits per heavy atom. The fourth-order valence-electron chi connectivity index (χ4n) is 1.81. The number of nitrogens with zero attached hydrogens (tertiary/aromatic N) is 1. The van der Waals surface area contributed by atoms with E-state index >= 15 is 0 Å². The maximum Gasteiger partial charge on any atom is 0.311 e. The highest BCUT2D eigenvalue weighted by molar-refractivity contribution is 6.30. The van der Waals surface area contributed by atoms with Gasteiger partial charge < -0.3 is 10.1 Å². The first-order valence-electron chi connectivity index (χ1n) is 5.38. The van der Waals surface area contributed by atoms with Gasteiger partial charge in [-0.1, -0.05) is 11.6 Å². The van der Waals surface area contributed by atoms with E-state index in [0.717, 1.165) is 12.8 Å². The quantitative estimate of drug-likeness (QED) is 0.664. The first-order valence-corrected chi connectivity index (χ1v) is 5.76. The number of nitrogens with one attached hydrogen (secondary N) is 1. The SMILES string of the molecule is CNC1CC(Oc2cc(Cl)ccc2[N+](=O)[O-])C1. The summed E-state index contributed by atoms with van der Waals surface area (Å²) < 4.78 is 5.59. The second kappa shape index (κ2) is 4.89. The van der Waals surface area contributed by atoms with Gasteiger partial charge in [0.1, 0.15) is 6.10 Å². The van der Waals surface area contributed by atoms with Crippen LogP contribution in [0, 0.1) is 10.1 Å². The number of nitro groups is 1. The van der Waals surface area contributed by atoms with E-state index in [1.54, 1.807) is 0 Å². The van der Waals surface area contributed by atoms with E-state index in [4.69, 9.17) is 16.3 Å². The van der Waals surface area contributed by atoms with Gasteiger partial charge in [0.2, 0.25) is 0 Å². The van der Waals surface area contributed by atoms with Crippen LogP contribution < -0.4 is 10.1 Å². The standard InChI is InChI=1S/C11H13ClN2O3/c1-13-8-5-9(6-8)17-11-4-7(12)2-3-10(11)14(15)16/h2-4,8-9,13H,5-6H2,1H3. The van der Waals surface area contributed by atoms with Gasteiger partial charge in [-0.05, 0) is 26.0 Å². The van der Waals surface area contributed by atoms with E-state index in [1.807, 2.05) is 7.05 Å². The third kappa shape index (κ3) is 2.68. The molecule has 1 fully saturated rings. The molecule has 92 valence electrons. The number of rotatable bonds is 4. The Kier molecular flexibility index (Phi) is 3.49. The fraction of sp³-hybridized carbons (Fsp3) is 0.455. The second-order valence-electron chi connectivity index (χ2n) is 4.07. The molecule has 0 saturated heterocycles. The lowest BCUT2D eigenvalue weighted by Crippen LogP contribution is -2.45. The van der Waals surface area contributed by atoms with Gasteiger partial charge in [0.15, 0.2) is 5.75 Å². The van der Waals surface area contributed by atoms with Crippen molar-refractivity contribution in [2.75, 3.05) is 7.05 Å². The lowest BCUT2D eigenvalue weighted by Gasteiger charge is -2.34. The Morgan fingerprint density at radius 1 is 1.53 bits per heavy atom. The van der Waals surface area contributed by atoms with E-state index in [0.29, 0.717) is 11.1 Å². The highest BCUT2D eigenvalue weighted by Gasteiger charge is 2.31. The van der Waals surface area contributed by atoms with Crippen LogP contribution in [-0.4, -0.2) is 24.1 Å². The van der Waals surface area contributed by atoms with Crippen LogP contribution in [0.2, 0.25) is 5.02 Å². The highest BCUT2D eigenvalue weighted by atomic mass is 35.5. The van der Waals surface area contributed by atoms with Gasteiger partial charge in [-0.25, -0.2) is 0 Å². The third-order valence-electron chi connectivity index (χ3n) is 2.92. The van der Waals surface area contributed by atoms with Crippen molar-refractivity contribution in [3.05, 3.63) is 33.3 Å². The zero-order valence-electron chi connectivity index (χ0n) is 9.35. The first-order chi connectivity index (χ1) is 8.10. The summed E-state index contributed by atoms with van der Waals surface area (Å²) in [4.78, 5) is 10.4. The summed E-state index contributed by atoms with van der Waals surface area (Å²) in [5.74, 6) is 0.252. The van der Waals surface area contributed by atoms with Crippen LogP contribution in [0.1, 0.15) is 12.8 Å². The minimum Gasteiger partial charge on any atom is -0.483 e. The Balaban J connectivity index is 2.09. The molecule has 1 aromatic carbocycles. The highest BCUT2D eigenvalue weighted by Crippen LogP contribution is 2.34. The van der Waals surface area contributed by atoms with E-state index in [1.165, 1.54) is 18.2 Å². The molecule has 1 aliphatic rings. The zero-order chi connectivity index (χ0) is 12.4. The minimum atomic E-state index is -0.458. The molecule has 0 heterocycles. The van der Waals surface area contributed by atoms with Crippen molar-refractivity contribution in [1.29, 1.82) is 0 Å². The van der Waals surface area contributed by atoms with Crippen molar-refractivity contribution < 1.29 is 9.66 Å². The molecule has 1 saturated carbocycles. The first kappa shape index (κ1) is 12.1. The number of benzene rings is 1. The Morgan fingerprint density at radius 3 is 2.82 bits per heavy atom. The molecular formula is C11H13ClN2O3. The predicted molar refractivity (Wildman–Crippen MR) is 64.6 cm³/mol. The van der Waals surface area contributed by atoms with Gasteiger partial charge in [0, 0.05) is 23.2 Å². The number of hydrogen-bond donors (Lipinski definition) is 1. The van der Waals surface area contributed by atoms with E-state index in [9.17, 15) is 10.1 Å². The van der Waals surface area contributed by atoms with Crippen LogP contribution >= 0.6 is 11.6 Å². The molecule has 0 bridgehead atoms. The van der Waals surface area contributed by atoms with Crippen LogP contribution in [0.3, 0.4) is 0 Å². The molecule has 0 radical (unpaired) electrons.